The molecule has 0 radical (unpaired) electrons. The van der Waals surface area contributed by atoms with Crippen molar-refractivity contribution in [3.8, 4) is 0 Å². The molecule has 0 spiro atoms. The van der Waals surface area contributed by atoms with E-state index in [0.717, 1.165) is 13.2 Å². The van der Waals surface area contributed by atoms with Gasteiger partial charge in [0.15, 0.2) is 0 Å². The molecule has 2 unspecified atom stereocenters. The van der Waals surface area contributed by atoms with E-state index in [1.807, 2.05) is 0 Å². The summed E-state index contributed by atoms with van der Waals surface area (Å²) >= 11 is 0. The Bertz CT molecular complexity index is 73.3. The summed E-state index contributed by atoms with van der Waals surface area (Å²) in [6, 6.07) is 0. The first kappa shape index (κ1) is 8.02. The largest absolute Gasteiger partial charge is 0.373 e. The van der Waals surface area contributed by atoms with Crippen LogP contribution in [0.5, 0.6) is 0 Å². The Morgan fingerprint density at radius 1 is 1.00 bits per heavy atom. The third kappa shape index (κ3) is 3.85. The Hall–Kier alpha value is -0.0800. The van der Waals surface area contributed by atoms with Crippen LogP contribution in [0.3, 0.4) is 0 Å². The lowest BCUT2D eigenvalue weighted by molar-refractivity contribution is 0.403. The van der Waals surface area contributed by atoms with Crippen LogP contribution in [0.2, 0.25) is 0 Å². The van der Waals surface area contributed by atoms with Gasteiger partial charge < -0.3 is 9.47 Å². The van der Waals surface area contributed by atoms with Gasteiger partial charge in [0.25, 0.3) is 0 Å². The lowest BCUT2D eigenvalue weighted by atomic mass is 10.4. The molecule has 0 aliphatic carbocycles. The van der Waals surface area contributed by atoms with E-state index in [1.54, 1.807) is 0 Å². The molecule has 2 saturated heterocycles. The van der Waals surface area contributed by atoms with Gasteiger partial charge in [0, 0.05) is 0 Å². The van der Waals surface area contributed by atoms with E-state index < -0.39 is 0 Å². The Morgan fingerprint density at radius 2 is 1.30 bits per heavy atom. The lowest BCUT2D eigenvalue weighted by Crippen LogP contribution is -1.73. The van der Waals surface area contributed by atoms with Crippen molar-refractivity contribution in [2.24, 2.45) is 0 Å². The number of ether oxygens (including phenoxy) is 2. The van der Waals surface area contributed by atoms with E-state index in [1.165, 1.54) is 12.8 Å². The average Bonchev–Trinajstić information content (AvgIpc) is 2.86. The predicted octanol–water partition coefficient (Wildman–Crippen LogP) is 1.59. The van der Waals surface area contributed by atoms with Crippen molar-refractivity contribution >= 4 is 0 Å². The van der Waals surface area contributed by atoms with E-state index in [0.29, 0.717) is 12.2 Å². The van der Waals surface area contributed by atoms with Crippen molar-refractivity contribution in [1.29, 1.82) is 0 Å². The lowest BCUT2D eigenvalue weighted by Gasteiger charge is -1.69. The minimum absolute atomic E-state index is 0.634. The van der Waals surface area contributed by atoms with Crippen LogP contribution in [-0.2, 0) is 9.47 Å². The van der Waals surface area contributed by atoms with Crippen LogP contribution in [0, 0.1) is 0 Å². The topological polar surface area (TPSA) is 25.1 Å². The van der Waals surface area contributed by atoms with Crippen LogP contribution >= 0.6 is 0 Å². The maximum atomic E-state index is 4.86. The number of hydrogen-bond acceptors (Lipinski definition) is 2. The minimum atomic E-state index is 0.634. The van der Waals surface area contributed by atoms with Gasteiger partial charge in [0.2, 0.25) is 0 Å². The number of epoxide rings is 2. The highest BCUT2D eigenvalue weighted by Crippen LogP contribution is 2.11. The zero-order valence-electron chi connectivity index (χ0n) is 6.80. The molecule has 2 heterocycles. The maximum Gasteiger partial charge on any atom is 0.0807 e. The van der Waals surface area contributed by atoms with E-state index in [-0.39, 0.29) is 0 Å². The van der Waals surface area contributed by atoms with Gasteiger partial charge in [0.1, 0.15) is 0 Å². The van der Waals surface area contributed by atoms with Gasteiger partial charge in [-0.25, -0.2) is 0 Å². The zero-order valence-corrected chi connectivity index (χ0v) is 6.80. The first-order valence-corrected chi connectivity index (χ1v) is 4.10. The summed E-state index contributed by atoms with van der Waals surface area (Å²) in [6.45, 7) is 6.29. The molecule has 0 aromatic rings. The van der Waals surface area contributed by atoms with E-state index >= 15 is 0 Å². The van der Waals surface area contributed by atoms with Crippen molar-refractivity contribution in [3.63, 3.8) is 0 Å². The Balaban J connectivity index is 0.0000001000. The molecule has 2 aliphatic rings. The second kappa shape index (κ2) is 3.94. The molecule has 2 atom stereocenters. The van der Waals surface area contributed by atoms with Crippen LogP contribution in [-0.4, -0.2) is 25.4 Å². The minimum Gasteiger partial charge on any atom is -0.373 e. The second-order valence-electron chi connectivity index (χ2n) is 2.73. The number of hydrogen-bond donors (Lipinski definition) is 0. The third-order valence-electron chi connectivity index (χ3n) is 1.72. The van der Waals surface area contributed by atoms with Crippen molar-refractivity contribution < 1.29 is 9.47 Å². The fourth-order valence-corrected chi connectivity index (χ4v) is 0.607. The molecule has 0 N–H and O–H groups in total. The predicted molar refractivity (Wildman–Crippen MR) is 40.1 cm³/mol. The molecule has 0 aromatic carbocycles. The van der Waals surface area contributed by atoms with Gasteiger partial charge in [-0.3, -0.25) is 0 Å². The fraction of sp³-hybridized carbons (Fsp3) is 1.00. The Kier molecular flexibility index (Phi) is 3.16. The van der Waals surface area contributed by atoms with E-state index in [9.17, 15) is 0 Å². The Morgan fingerprint density at radius 3 is 1.30 bits per heavy atom. The molecule has 2 heteroatoms. The molecule has 2 fully saturated rings. The van der Waals surface area contributed by atoms with Crippen LogP contribution < -0.4 is 0 Å². The number of rotatable bonds is 2. The van der Waals surface area contributed by atoms with Gasteiger partial charge in [-0.15, -0.1) is 0 Å². The fourth-order valence-electron chi connectivity index (χ4n) is 0.607. The zero-order chi connectivity index (χ0) is 7.40. The van der Waals surface area contributed by atoms with Crippen LogP contribution in [0.15, 0.2) is 0 Å². The highest BCUT2D eigenvalue weighted by molar-refractivity contribution is 4.64. The maximum absolute atomic E-state index is 4.86. The summed E-state index contributed by atoms with van der Waals surface area (Å²) in [4.78, 5) is 0. The summed E-state index contributed by atoms with van der Waals surface area (Å²) in [5.74, 6) is 0. The summed E-state index contributed by atoms with van der Waals surface area (Å²) in [6.07, 6.45) is 3.66. The van der Waals surface area contributed by atoms with Gasteiger partial charge in [-0.2, -0.15) is 0 Å². The highest BCUT2D eigenvalue weighted by Gasteiger charge is 2.18. The quantitative estimate of drug-likeness (QED) is 0.550. The standard InChI is InChI=1S/2C4H8O/c2*1-2-4-3-5-4/h2*4H,2-3H2,1H3. The molecule has 0 bridgehead atoms. The van der Waals surface area contributed by atoms with Crippen LogP contribution in [0.4, 0.5) is 0 Å². The molecule has 2 rings (SSSR count). The van der Waals surface area contributed by atoms with Gasteiger partial charge in [-0.05, 0) is 12.8 Å². The molecule has 60 valence electrons. The van der Waals surface area contributed by atoms with Crippen molar-refractivity contribution in [3.05, 3.63) is 0 Å². The van der Waals surface area contributed by atoms with E-state index in [2.05, 4.69) is 13.8 Å². The summed E-state index contributed by atoms with van der Waals surface area (Å²) in [5, 5.41) is 0. The smallest absolute Gasteiger partial charge is 0.0807 e. The monoisotopic (exact) mass is 144 g/mol. The van der Waals surface area contributed by atoms with Crippen LogP contribution in [0.1, 0.15) is 26.7 Å². The molecular formula is C8H16O2. The molecule has 2 aliphatic heterocycles. The van der Waals surface area contributed by atoms with Gasteiger partial charge in [0.05, 0.1) is 25.4 Å². The first-order valence-electron chi connectivity index (χ1n) is 4.10. The highest BCUT2D eigenvalue weighted by atomic mass is 16.6. The normalized spacial score (nSPS) is 34.2. The summed E-state index contributed by atoms with van der Waals surface area (Å²) in [5.41, 5.74) is 0. The first-order chi connectivity index (χ1) is 4.86. The second-order valence-corrected chi connectivity index (χ2v) is 2.73. The molecule has 0 saturated carbocycles. The SMILES string of the molecule is CCC1CO1.CCC1CO1. The van der Waals surface area contributed by atoms with Crippen molar-refractivity contribution in [2.45, 2.75) is 38.9 Å². The van der Waals surface area contributed by atoms with Crippen molar-refractivity contribution in [2.75, 3.05) is 13.2 Å². The Labute approximate surface area is 62.5 Å². The molecule has 0 aromatic heterocycles. The molecular weight excluding hydrogens is 128 g/mol. The van der Waals surface area contributed by atoms with Crippen LogP contribution in [0.25, 0.3) is 0 Å². The van der Waals surface area contributed by atoms with Gasteiger partial charge >= 0.3 is 0 Å². The molecule has 10 heavy (non-hydrogen) atoms. The summed E-state index contributed by atoms with van der Waals surface area (Å²) < 4.78 is 9.72. The molecule has 0 amide bonds. The third-order valence-corrected chi connectivity index (χ3v) is 1.72. The molecule has 2 nitrogen and oxygen atoms in total. The van der Waals surface area contributed by atoms with E-state index in [4.69, 9.17) is 9.47 Å². The van der Waals surface area contributed by atoms with Crippen molar-refractivity contribution in [1.82, 2.24) is 0 Å². The average molecular weight is 144 g/mol. The van der Waals surface area contributed by atoms with Gasteiger partial charge in [-0.1, -0.05) is 13.8 Å². The summed E-state index contributed by atoms with van der Waals surface area (Å²) in [7, 11) is 0.